The smallest absolute Gasteiger partial charge is 0.150 e. The summed E-state index contributed by atoms with van der Waals surface area (Å²) < 4.78 is 0. The number of pyridine rings is 1. The number of aliphatic hydroxyl groups is 1. The highest BCUT2D eigenvalue weighted by atomic mass is 35.5. The maximum Gasteiger partial charge on any atom is 0.150 e. The van der Waals surface area contributed by atoms with Crippen molar-refractivity contribution < 1.29 is 5.11 Å². The van der Waals surface area contributed by atoms with E-state index in [4.69, 9.17) is 23.2 Å². The Kier molecular flexibility index (Phi) is 7.41. The van der Waals surface area contributed by atoms with Crippen LogP contribution in [-0.4, -0.2) is 35.8 Å². The number of nitrogens with zero attached hydrogens (tertiary/aromatic N) is 2. The van der Waals surface area contributed by atoms with Gasteiger partial charge in [-0.05, 0) is 25.8 Å². The van der Waals surface area contributed by atoms with Gasteiger partial charge in [0.15, 0.2) is 0 Å². The van der Waals surface area contributed by atoms with Gasteiger partial charge in [0.05, 0.1) is 16.7 Å². The lowest BCUT2D eigenvalue weighted by Crippen LogP contribution is -2.37. The minimum absolute atomic E-state index is 0.0632. The standard InChI is InChI=1S/C14H23Cl2N3O/c1-4-10(5-2)19(7-8-20)14-12(16)9-11(15)13(18-14)17-6-3/h9-10,20H,4-8H2,1-3H3,(H,17,18). The largest absolute Gasteiger partial charge is 0.395 e. The van der Waals surface area contributed by atoms with E-state index >= 15 is 0 Å². The van der Waals surface area contributed by atoms with Crippen LogP contribution in [0.4, 0.5) is 11.6 Å². The Bertz CT molecular complexity index is 425. The van der Waals surface area contributed by atoms with Gasteiger partial charge >= 0.3 is 0 Å². The molecule has 114 valence electrons. The Hall–Kier alpha value is -0.710. The average Bonchev–Trinajstić information content (AvgIpc) is 2.42. The van der Waals surface area contributed by atoms with Gasteiger partial charge in [0.2, 0.25) is 0 Å². The van der Waals surface area contributed by atoms with E-state index in [1.807, 2.05) is 6.92 Å². The normalized spacial score (nSPS) is 10.9. The van der Waals surface area contributed by atoms with Crippen molar-refractivity contribution >= 4 is 34.8 Å². The maximum atomic E-state index is 9.30. The summed E-state index contributed by atoms with van der Waals surface area (Å²) in [6, 6.07) is 2.00. The summed E-state index contributed by atoms with van der Waals surface area (Å²) in [7, 11) is 0. The molecule has 0 aliphatic carbocycles. The number of aromatic nitrogens is 1. The first-order valence-corrected chi connectivity index (χ1v) is 7.81. The molecule has 0 spiro atoms. The van der Waals surface area contributed by atoms with E-state index in [1.165, 1.54) is 0 Å². The predicted molar refractivity (Wildman–Crippen MR) is 87.2 cm³/mol. The van der Waals surface area contributed by atoms with E-state index in [0.29, 0.717) is 34.3 Å². The highest BCUT2D eigenvalue weighted by Gasteiger charge is 2.20. The first kappa shape index (κ1) is 17.3. The Balaban J connectivity index is 3.20. The molecule has 1 aromatic heterocycles. The van der Waals surface area contributed by atoms with E-state index in [2.05, 4.69) is 29.0 Å². The molecule has 0 fully saturated rings. The zero-order valence-electron chi connectivity index (χ0n) is 12.3. The Morgan fingerprint density at radius 3 is 2.40 bits per heavy atom. The Labute approximate surface area is 131 Å². The number of rotatable bonds is 8. The zero-order chi connectivity index (χ0) is 15.1. The van der Waals surface area contributed by atoms with Crippen LogP contribution >= 0.6 is 23.2 Å². The van der Waals surface area contributed by atoms with Crippen LogP contribution in [0.5, 0.6) is 0 Å². The van der Waals surface area contributed by atoms with Gasteiger partial charge in [-0.25, -0.2) is 4.98 Å². The van der Waals surface area contributed by atoms with Gasteiger partial charge in [0.1, 0.15) is 11.6 Å². The maximum absolute atomic E-state index is 9.30. The molecule has 6 heteroatoms. The van der Waals surface area contributed by atoms with E-state index in [-0.39, 0.29) is 6.61 Å². The van der Waals surface area contributed by atoms with Crippen molar-refractivity contribution in [2.45, 2.75) is 39.7 Å². The first-order chi connectivity index (χ1) is 9.58. The van der Waals surface area contributed by atoms with Crippen molar-refractivity contribution in [2.75, 3.05) is 29.9 Å². The Morgan fingerprint density at radius 2 is 1.90 bits per heavy atom. The van der Waals surface area contributed by atoms with Crippen LogP contribution in [0.25, 0.3) is 0 Å². The molecule has 0 amide bonds. The highest BCUT2D eigenvalue weighted by Crippen LogP contribution is 2.33. The third-order valence-corrected chi connectivity index (χ3v) is 3.82. The van der Waals surface area contributed by atoms with Crippen LogP contribution in [-0.2, 0) is 0 Å². The number of halogens is 2. The molecule has 0 aliphatic heterocycles. The summed E-state index contributed by atoms with van der Waals surface area (Å²) in [6.07, 6.45) is 1.93. The van der Waals surface area contributed by atoms with Crippen molar-refractivity contribution in [1.82, 2.24) is 4.98 Å². The summed E-state index contributed by atoms with van der Waals surface area (Å²) >= 11 is 12.4. The minimum atomic E-state index is 0.0632. The molecular weight excluding hydrogens is 297 g/mol. The van der Waals surface area contributed by atoms with Crippen molar-refractivity contribution in [1.29, 1.82) is 0 Å². The monoisotopic (exact) mass is 319 g/mol. The fourth-order valence-electron chi connectivity index (χ4n) is 2.25. The lowest BCUT2D eigenvalue weighted by atomic mass is 10.1. The lowest BCUT2D eigenvalue weighted by Gasteiger charge is -2.32. The van der Waals surface area contributed by atoms with Crippen molar-refractivity contribution in [2.24, 2.45) is 0 Å². The Morgan fingerprint density at radius 1 is 1.25 bits per heavy atom. The molecule has 2 N–H and O–H groups in total. The van der Waals surface area contributed by atoms with Gasteiger partial charge in [-0.3, -0.25) is 0 Å². The fraction of sp³-hybridized carbons (Fsp3) is 0.643. The van der Waals surface area contributed by atoms with Gasteiger partial charge in [-0.15, -0.1) is 0 Å². The van der Waals surface area contributed by atoms with E-state index in [9.17, 15) is 5.11 Å². The molecular formula is C14H23Cl2N3O. The highest BCUT2D eigenvalue weighted by molar-refractivity contribution is 6.37. The molecule has 0 saturated carbocycles. The predicted octanol–water partition coefficient (Wildman–Crippen LogP) is 3.81. The summed E-state index contributed by atoms with van der Waals surface area (Å²) in [5.74, 6) is 1.30. The molecule has 0 aliphatic rings. The van der Waals surface area contributed by atoms with Crippen LogP contribution in [0.15, 0.2) is 6.07 Å². The van der Waals surface area contributed by atoms with E-state index in [1.54, 1.807) is 6.07 Å². The van der Waals surface area contributed by atoms with E-state index < -0.39 is 0 Å². The van der Waals surface area contributed by atoms with Gasteiger partial charge in [0.25, 0.3) is 0 Å². The molecule has 0 aromatic carbocycles. The third kappa shape index (κ3) is 4.14. The number of aliphatic hydroxyl groups excluding tert-OH is 1. The summed E-state index contributed by atoms with van der Waals surface area (Å²) in [4.78, 5) is 6.59. The second kappa shape index (κ2) is 8.55. The topological polar surface area (TPSA) is 48.4 Å². The van der Waals surface area contributed by atoms with Crippen LogP contribution in [0.3, 0.4) is 0 Å². The lowest BCUT2D eigenvalue weighted by molar-refractivity contribution is 0.295. The number of hydrogen-bond acceptors (Lipinski definition) is 4. The molecule has 0 unspecified atom stereocenters. The van der Waals surface area contributed by atoms with Gasteiger partial charge in [0, 0.05) is 19.1 Å². The molecule has 0 bridgehead atoms. The third-order valence-electron chi connectivity index (χ3n) is 3.25. The van der Waals surface area contributed by atoms with E-state index in [0.717, 1.165) is 19.4 Å². The van der Waals surface area contributed by atoms with Crippen LogP contribution in [0.2, 0.25) is 10.0 Å². The molecule has 4 nitrogen and oxygen atoms in total. The number of hydrogen-bond donors (Lipinski definition) is 2. The van der Waals surface area contributed by atoms with Crippen LogP contribution in [0.1, 0.15) is 33.6 Å². The molecule has 0 radical (unpaired) electrons. The number of nitrogens with one attached hydrogen (secondary N) is 1. The molecule has 0 saturated heterocycles. The van der Waals surface area contributed by atoms with Crippen molar-refractivity contribution in [3.63, 3.8) is 0 Å². The molecule has 20 heavy (non-hydrogen) atoms. The second-order valence-electron chi connectivity index (χ2n) is 4.54. The van der Waals surface area contributed by atoms with Gasteiger partial charge in [-0.1, -0.05) is 37.0 Å². The first-order valence-electron chi connectivity index (χ1n) is 7.06. The molecule has 0 atom stereocenters. The van der Waals surface area contributed by atoms with Crippen molar-refractivity contribution in [3.8, 4) is 0 Å². The van der Waals surface area contributed by atoms with Crippen LogP contribution in [0, 0.1) is 0 Å². The summed E-state index contributed by atoms with van der Waals surface area (Å²) in [6.45, 7) is 7.53. The molecule has 1 heterocycles. The van der Waals surface area contributed by atoms with Crippen LogP contribution < -0.4 is 10.2 Å². The minimum Gasteiger partial charge on any atom is -0.395 e. The summed E-state index contributed by atoms with van der Waals surface area (Å²) in [5.41, 5.74) is 0. The fourth-order valence-corrected chi connectivity index (χ4v) is 2.78. The second-order valence-corrected chi connectivity index (χ2v) is 5.36. The van der Waals surface area contributed by atoms with Gasteiger partial charge in [-0.2, -0.15) is 0 Å². The number of anilines is 2. The quantitative estimate of drug-likeness (QED) is 0.765. The summed E-state index contributed by atoms with van der Waals surface area (Å²) in [5, 5.41) is 13.4. The average molecular weight is 320 g/mol. The SMILES string of the molecule is CCNc1nc(N(CCO)C(CC)CC)c(Cl)cc1Cl. The zero-order valence-corrected chi connectivity index (χ0v) is 13.8. The van der Waals surface area contributed by atoms with Gasteiger partial charge < -0.3 is 15.3 Å². The molecule has 1 rings (SSSR count). The van der Waals surface area contributed by atoms with Crippen molar-refractivity contribution in [3.05, 3.63) is 16.1 Å². The molecule has 1 aromatic rings.